The largest absolute Gasteiger partial charge is 0.308 e. The molecule has 0 fully saturated rings. The molecule has 6 nitrogen and oxygen atoms in total. The van der Waals surface area contributed by atoms with Crippen molar-refractivity contribution in [3.05, 3.63) is 223 Å². The Labute approximate surface area is 391 Å². The van der Waals surface area contributed by atoms with E-state index in [-0.39, 0.29) is 0 Å². The summed E-state index contributed by atoms with van der Waals surface area (Å²) in [4.78, 5) is 21.5. The summed E-state index contributed by atoms with van der Waals surface area (Å²) in [5.41, 5.74) is 16.0. The van der Waals surface area contributed by atoms with Crippen LogP contribution in [0.2, 0.25) is 0 Å². The van der Waals surface area contributed by atoms with Crippen molar-refractivity contribution in [2.24, 2.45) is 0 Å². The van der Waals surface area contributed by atoms with Gasteiger partial charge in [0, 0.05) is 44.2 Å². The van der Waals surface area contributed by atoms with Gasteiger partial charge in [0.15, 0.2) is 11.6 Å². The molecule has 3 aromatic heterocycles. The quantitative estimate of drug-likeness (QED) is 0.152. The van der Waals surface area contributed by atoms with Gasteiger partial charge in [0.1, 0.15) is 0 Å². The van der Waals surface area contributed by atoms with Gasteiger partial charge in [-0.15, -0.1) is 0 Å². The molecule has 320 valence electrons. The van der Waals surface area contributed by atoms with Crippen LogP contribution in [0.4, 0.5) is 0 Å². The summed E-state index contributed by atoms with van der Waals surface area (Å²) in [6.45, 7) is 8.30. The minimum atomic E-state index is 0.431. The van der Waals surface area contributed by atoms with E-state index in [0.717, 1.165) is 83.6 Å². The molecule has 11 rings (SSSR count). The average molecular weight is 863 g/mol. The second-order valence-electron chi connectivity index (χ2n) is 16.3. The van der Waals surface area contributed by atoms with E-state index in [1.807, 2.05) is 111 Å². The molecule has 0 radical (unpaired) electrons. The van der Waals surface area contributed by atoms with E-state index in [1.165, 1.54) is 11.1 Å². The Kier molecular flexibility index (Phi) is 11.6. The molecule has 0 unspecified atom stereocenters. The van der Waals surface area contributed by atoms with Crippen molar-refractivity contribution in [1.82, 2.24) is 24.5 Å². The van der Waals surface area contributed by atoms with Crippen molar-refractivity contribution < 1.29 is 0 Å². The highest BCUT2D eigenvalue weighted by Crippen LogP contribution is 2.43. The van der Waals surface area contributed by atoms with Gasteiger partial charge >= 0.3 is 0 Å². The lowest BCUT2D eigenvalue weighted by molar-refractivity contribution is 1.12. The van der Waals surface area contributed by atoms with Gasteiger partial charge in [-0.05, 0) is 66.9 Å². The first kappa shape index (κ1) is 42.2. The Hall–Kier alpha value is -8.79. The van der Waals surface area contributed by atoms with E-state index in [2.05, 4.69) is 134 Å². The summed E-state index contributed by atoms with van der Waals surface area (Å²) in [6, 6.07) is 72.9. The summed E-state index contributed by atoms with van der Waals surface area (Å²) in [6.07, 6.45) is 0. The highest BCUT2D eigenvalue weighted by atomic mass is 15.0. The van der Waals surface area contributed by atoms with E-state index in [4.69, 9.17) is 19.9 Å². The Bertz CT molecular complexity index is 3350. The molecule has 11 aromatic rings. The number of hydrogen-bond donors (Lipinski definition) is 0. The highest BCUT2D eigenvalue weighted by Gasteiger charge is 2.26. The van der Waals surface area contributed by atoms with Crippen LogP contribution in [-0.4, -0.2) is 24.5 Å². The van der Waals surface area contributed by atoms with Crippen LogP contribution >= 0.6 is 0 Å². The van der Waals surface area contributed by atoms with Gasteiger partial charge in [-0.3, -0.25) is 0 Å². The van der Waals surface area contributed by atoms with Crippen LogP contribution in [0, 0.1) is 25.2 Å². The number of para-hydroxylation sites is 1. The molecule has 0 saturated heterocycles. The van der Waals surface area contributed by atoms with E-state index in [9.17, 15) is 5.26 Å². The van der Waals surface area contributed by atoms with Gasteiger partial charge in [-0.1, -0.05) is 189 Å². The fraction of sp³-hybridized carbons (Fsp3) is 0.0656. The fourth-order valence-electron chi connectivity index (χ4n) is 8.96. The molecule has 67 heavy (non-hydrogen) atoms. The first-order valence-corrected chi connectivity index (χ1v) is 22.7. The number of hydrogen-bond acceptors (Lipinski definition) is 5. The first-order valence-electron chi connectivity index (χ1n) is 22.7. The number of benzene rings is 8. The Morgan fingerprint density at radius 1 is 0.388 bits per heavy atom. The lowest BCUT2D eigenvalue weighted by Crippen LogP contribution is -2.06. The monoisotopic (exact) mass is 862 g/mol. The smallest absolute Gasteiger partial charge is 0.162 e. The number of aryl methyl sites for hydroxylation is 2. The van der Waals surface area contributed by atoms with E-state index >= 15 is 0 Å². The molecular weight excluding hydrogens is 817 g/mol. The Morgan fingerprint density at radius 2 is 0.821 bits per heavy atom. The number of nitriles is 1. The maximum atomic E-state index is 10.9. The zero-order chi connectivity index (χ0) is 45.9. The van der Waals surface area contributed by atoms with Crippen molar-refractivity contribution in [1.29, 1.82) is 5.26 Å². The number of rotatable bonds is 8. The van der Waals surface area contributed by atoms with E-state index in [1.54, 1.807) is 0 Å². The topological polar surface area (TPSA) is 80.3 Å². The molecule has 0 spiro atoms. The summed E-state index contributed by atoms with van der Waals surface area (Å²) in [5.74, 6) is 0.940. The molecule has 0 aliphatic rings. The normalized spacial score (nSPS) is 11.0. The maximum absolute atomic E-state index is 10.9. The minimum absolute atomic E-state index is 0.431. The molecule has 0 N–H and O–H groups in total. The van der Waals surface area contributed by atoms with Crippen molar-refractivity contribution >= 4 is 21.8 Å². The second kappa shape index (κ2) is 18.4. The van der Waals surface area contributed by atoms with Crippen LogP contribution in [0.25, 0.3) is 106 Å². The van der Waals surface area contributed by atoms with Crippen molar-refractivity contribution in [3.8, 4) is 90.7 Å². The fourth-order valence-corrected chi connectivity index (χ4v) is 8.96. The molecule has 6 heteroatoms. The first-order chi connectivity index (χ1) is 33.0. The van der Waals surface area contributed by atoms with Gasteiger partial charge in [-0.25, -0.2) is 19.9 Å². The van der Waals surface area contributed by atoms with Crippen molar-refractivity contribution in [2.45, 2.75) is 27.7 Å². The van der Waals surface area contributed by atoms with Gasteiger partial charge in [-0.2, -0.15) is 5.26 Å². The number of aromatic nitrogens is 5. The summed E-state index contributed by atoms with van der Waals surface area (Å²) in [5, 5.41) is 13.1. The molecule has 0 amide bonds. The van der Waals surface area contributed by atoms with Crippen LogP contribution < -0.4 is 0 Å². The van der Waals surface area contributed by atoms with E-state index < -0.39 is 0 Å². The Balaban J connectivity index is 0.00000259. The lowest BCUT2D eigenvalue weighted by atomic mass is 9.97. The molecule has 0 saturated carbocycles. The molecule has 0 aliphatic carbocycles. The van der Waals surface area contributed by atoms with Crippen LogP contribution in [0.1, 0.15) is 30.5 Å². The Morgan fingerprint density at radius 3 is 1.27 bits per heavy atom. The van der Waals surface area contributed by atoms with Crippen LogP contribution in [0.5, 0.6) is 0 Å². The number of nitrogens with zero attached hydrogens (tertiary/aromatic N) is 6. The van der Waals surface area contributed by atoms with Crippen LogP contribution in [0.15, 0.2) is 206 Å². The highest BCUT2D eigenvalue weighted by molar-refractivity contribution is 6.11. The SMILES string of the molecule is CC.Cc1ccc(-c2ccc3c4ccccc4n(-c4c(-c5nc(-c6ccccc6)cc(-c6ccccc6)n5)cc(C#N)cc4-c4nc(-c5ccccc5)cc(-c5ccccc5)n4)c3c2)c(C)c1. The minimum Gasteiger partial charge on any atom is -0.308 e. The zero-order valence-electron chi connectivity index (χ0n) is 37.8. The third-order valence-electron chi connectivity index (χ3n) is 12.0. The van der Waals surface area contributed by atoms with Gasteiger partial charge in [0.05, 0.1) is 51.1 Å². The molecular formula is C61H46N6. The summed E-state index contributed by atoms with van der Waals surface area (Å²) < 4.78 is 2.31. The average Bonchev–Trinajstić information content (AvgIpc) is 3.72. The maximum Gasteiger partial charge on any atom is 0.162 e. The van der Waals surface area contributed by atoms with Crippen molar-refractivity contribution in [2.75, 3.05) is 0 Å². The predicted octanol–water partition coefficient (Wildman–Crippen LogP) is 15.5. The third-order valence-corrected chi connectivity index (χ3v) is 12.0. The summed E-state index contributed by atoms with van der Waals surface area (Å²) in [7, 11) is 0. The van der Waals surface area contributed by atoms with Crippen LogP contribution in [-0.2, 0) is 0 Å². The van der Waals surface area contributed by atoms with Gasteiger partial charge in [0.2, 0.25) is 0 Å². The zero-order valence-corrected chi connectivity index (χ0v) is 37.8. The molecule has 0 atom stereocenters. The summed E-state index contributed by atoms with van der Waals surface area (Å²) >= 11 is 0. The van der Waals surface area contributed by atoms with Crippen molar-refractivity contribution in [3.63, 3.8) is 0 Å². The van der Waals surface area contributed by atoms with Gasteiger partial charge in [0.25, 0.3) is 0 Å². The standard InChI is InChI=1S/C59H40N6.C2H6/c1-38-27-29-46(39(2)31-38)45-28-30-48-47-25-15-16-26-55(47)65(56(48)34-45)57-49(58-61-51(41-17-7-3-8-18-41)35-52(62-58)42-19-9-4-10-20-42)32-40(37-60)33-50(57)59-63-53(43-21-11-5-12-22-43)36-54(64-59)44-23-13-6-14-24-44;1-2/h3-36H,1-2H3;1-2H3. The van der Waals surface area contributed by atoms with Crippen LogP contribution in [0.3, 0.4) is 0 Å². The van der Waals surface area contributed by atoms with E-state index in [0.29, 0.717) is 28.3 Å². The lowest BCUT2D eigenvalue weighted by Gasteiger charge is -2.20. The second-order valence-corrected chi connectivity index (χ2v) is 16.3. The van der Waals surface area contributed by atoms with Gasteiger partial charge < -0.3 is 4.57 Å². The predicted molar refractivity (Wildman–Crippen MR) is 276 cm³/mol. The number of fused-ring (bicyclic) bond motifs is 3. The molecule has 0 aliphatic heterocycles. The molecule has 0 bridgehead atoms. The third kappa shape index (κ3) is 8.16. The molecule has 3 heterocycles. The molecule has 8 aromatic carbocycles.